The standard InChI is InChI=1S/C53H36O/c1-53(2)48-32-38(20-22-44(48)45-28-35-16-9-10-17-36(35)31-49(45)53)41-25-40(34-14-7-4-8-15-34)26-42(27-41)43-24-39-18-11-19-51-52(39)47(30-43)46-29-37(21-23-50(46)54-51)33-12-5-3-6-13-33/h3-32H,1-2H3/i3D,5D,6D,12D,13D. The molecule has 0 radical (unpaired) electrons. The molecule has 0 saturated carbocycles. The van der Waals surface area contributed by atoms with E-state index in [1.54, 1.807) is 6.07 Å². The van der Waals surface area contributed by atoms with Gasteiger partial charge >= 0.3 is 0 Å². The summed E-state index contributed by atoms with van der Waals surface area (Å²) in [5, 5.41) is 4.49. The van der Waals surface area contributed by atoms with Gasteiger partial charge in [-0.05, 0) is 155 Å². The van der Waals surface area contributed by atoms with Gasteiger partial charge in [0.1, 0.15) is 11.5 Å². The van der Waals surface area contributed by atoms with Gasteiger partial charge in [0.15, 0.2) is 0 Å². The van der Waals surface area contributed by atoms with Crippen LogP contribution >= 0.6 is 0 Å². The fraction of sp³-hybridized carbons (Fsp3) is 0.0566. The van der Waals surface area contributed by atoms with E-state index in [1.807, 2.05) is 30.3 Å². The molecule has 0 saturated heterocycles. The molecule has 254 valence electrons. The monoisotopic (exact) mass is 693 g/mol. The summed E-state index contributed by atoms with van der Waals surface area (Å²) in [6, 6.07) is 52.1. The van der Waals surface area contributed by atoms with E-state index in [0.29, 0.717) is 11.3 Å². The second-order valence-electron chi connectivity index (χ2n) is 15.0. The summed E-state index contributed by atoms with van der Waals surface area (Å²) >= 11 is 0. The van der Waals surface area contributed by atoms with E-state index in [9.17, 15) is 0 Å². The Labute approximate surface area is 322 Å². The third-order valence-electron chi connectivity index (χ3n) is 11.5. The molecule has 0 atom stereocenters. The highest BCUT2D eigenvalue weighted by atomic mass is 16.5. The maximum atomic E-state index is 8.70. The van der Waals surface area contributed by atoms with Crippen LogP contribution in [0.1, 0.15) is 31.8 Å². The molecule has 0 fully saturated rings. The van der Waals surface area contributed by atoms with Crippen molar-refractivity contribution in [3.05, 3.63) is 193 Å². The molecule has 9 aromatic rings. The third-order valence-corrected chi connectivity index (χ3v) is 11.5. The average molecular weight is 694 g/mol. The minimum atomic E-state index is -0.409. The van der Waals surface area contributed by atoms with Gasteiger partial charge in [-0.1, -0.05) is 129 Å². The highest BCUT2D eigenvalue weighted by Crippen LogP contribution is 2.52. The maximum absolute atomic E-state index is 8.70. The normalized spacial score (nSPS) is 14.6. The van der Waals surface area contributed by atoms with Gasteiger partial charge in [-0.25, -0.2) is 0 Å². The number of hydrogen-bond acceptors (Lipinski definition) is 1. The first-order chi connectivity index (χ1) is 28.5. The Morgan fingerprint density at radius 2 is 1.02 bits per heavy atom. The lowest BCUT2D eigenvalue weighted by molar-refractivity contribution is 0.487. The number of hydrogen-bond donors (Lipinski definition) is 0. The average Bonchev–Trinajstić information content (AvgIpc) is 3.48. The fourth-order valence-electron chi connectivity index (χ4n) is 8.71. The lowest BCUT2D eigenvalue weighted by Gasteiger charge is -2.23. The molecular weight excluding hydrogens is 653 g/mol. The van der Waals surface area contributed by atoms with E-state index >= 15 is 0 Å². The molecule has 1 aliphatic heterocycles. The van der Waals surface area contributed by atoms with Gasteiger partial charge in [-0.15, -0.1) is 0 Å². The molecule has 9 aromatic carbocycles. The molecule has 2 aliphatic rings. The maximum Gasteiger partial charge on any atom is 0.135 e. The van der Waals surface area contributed by atoms with Gasteiger partial charge in [-0.3, -0.25) is 0 Å². The zero-order valence-electron chi connectivity index (χ0n) is 34.8. The summed E-state index contributed by atoms with van der Waals surface area (Å²) in [4.78, 5) is 0. The van der Waals surface area contributed by atoms with Crippen LogP contribution in [-0.4, -0.2) is 0 Å². The van der Waals surface area contributed by atoms with Crippen molar-refractivity contribution in [2.75, 3.05) is 0 Å². The van der Waals surface area contributed by atoms with Gasteiger partial charge in [0, 0.05) is 16.4 Å². The smallest absolute Gasteiger partial charge is 0.135 e. The molecule has 11 rings (SSSR count). The fourth-order valence-corrected chi connectivity index (χ4v) is 8.71. The van der Waals surface area contributed by atoms with E-state index in [0.717, 1.165) is 61.0 Å². The predicted molar refractivity (Wildman–Crippen MR) is 226 cm³/mol. The van der Waals surface area contributed by atoms with Crippen molar-refractivity contribution in [2.45, 2.75) is 19.3 Å². The Bertz CT molecular complexity index is 3250. The Kier molecular flexibility index (Phi) is 5.64. The van der Waals surface area contributed by atoms with Crippen LogP contribution in [0, 0.1) is 0 Å². The molecule has 0 N–H and O–H groups in total. The Morgan fingerprint density at radius 3 is 1.83 bits per heavy atom. The molecule has 1 aliphatic carbocycles. The topological polar surface area (TPSA) is 9.23 Å². The molecule has 0 bridgehead atoms. The van der Waals surface area contributed by atoms with Gasteiger partial charge in [0.05, 0.1) is 6.85 Å². The first-order valence-electron chi connectivity index (χ1n) is 20.9. The van der Waals surface area contributed by atoms with E-state index < -0.39 is 6.04 Å². The molecule has 0 spiro atoms. The summed E-state index contributed by atoms with van der Waals surface area (Å²) in [6.45, 7) is 4.67. The SMILES string of the molecule is [2H]c1c([2H])c([2H])c(-c2ccc3c(c2)-c2cc(-c4cc(-c5ccccc5)cc(-c5ccc6c(c5)C(C)(C)c5cc7ccccc7cc5-6)c4)cc4cccc(c24)O3)c([2H])c1[2H]. The van der Waals surface area contributed by atoms with Gasteiger partial charge in [0.25, 0.3) is 0 Å². The van der Waals surface area contributed by atoms with Crippen molar-refractivity contribution in [1.82, 2.24) is 0 Å². The first-order valence-corrected chi connectivity index (χ1v) is 18.4. The number of ether oxygens (including phenoxy) is 1. The lowest BCUT2D eigenvalue weighted by Crippen LogP contribution is -2.15. The van der Waals surface area contributed by atoms with E-state index in [1.165, 1.54) is 33.0 Å². The highest BCUT2D eigenvalue weighted by molar-refractivity contribution is 6.07. The summed E-state index contributed by atoms with van der Waals surface area (Å²) in [5.41, 5.74) is 14.2. The van der Waals surface area contributed by atoms with Crippen molar-refractivity contribution in [1.29, 1.82) is 0 Å². The summed E-state index contributed by atoms with van der Waals surface area (Å²) in [5.74, 6) is 1.40. The molecule has 1 heteroatoms. The van der Waals surface area contributed by atoms with Crippen molar-refractivity contribution in [3.63, 3.8) is 0 Å². The van der Waals surface area contributed by atoms with Crippen LogP contribution in [0.5, 0.6) is 11.5 Å². The summed E-state index contributed by atoms with van der Waals surface area (Å²) < 4.78 is 48.7. The quantitative estimate of drug-likeness (QED) is 0.178. The molecule has 1 nitrogen and oxygen atoms in total. The van der Waals surface area contributed by atoms with Gasteiger partial charge in [0.2, 0.25) is 0 Å². The minimum Gasteiger partial charge on any atom is -0.456 e. The second kappa shape index (κ2) is 11.7. The Balaban J connectivity index is 1.09. The minimum absolute atomic E-state index is 0.166. The molecular formula is C53H36O. The van der Waals surface area contributed by atoms with Crippen LogP contribution in [0.4, 0.5) is 0 Å². The largest absolute Gasteiger partial charge is 0.456 e. The Hall–Kier alpha value is -6.70. The molecule has 0 amide bonds. The summed E-state index contributed by atoms with van der Waals surface area (Å²) in [7, 11) is 0. The van der Waals surface area contributed by atoms with Crippen molar-refractivity contribution < 1.29 is 11.6 Å². The molecule has 0 aromatic heterocycles. The van der Waals surface area contributed by atoms with Crippen LogP contribution in [0.25, 0.3) is 88.3 Å². The lowest BCUT2D eigenvalue weighted by atomic mass is 9.81. The second-order valence-corrected chi connectivity index (χ2v) is 15.0. The zero-order valence-corrected chi connectivity index (χ0v) is 29.8. The number of fused-ring (bicyclic) bond motifs is 6. The number of rotatable bonds is 4. The van der Waals surface area contributed by atoms with E-state index in [4.69, 9.17) is 11.6 Å². The Morgan fingerprint density at radius 1 is 0.389 bits per heavy atom. The zero-order chi connectivity index (χ0) is 40.3. The third kappa shape index (κ3) is 4.79. The van der Waals surface area contributed by atoms with Crippen molar-refractivity contribution in [2.24, 2.45) is 0 Å². The molecule has 54 heavy (non-hydrogen) atoms. The number of benzene rings is 9. The van der Waals surface area contributed by atoms with Crippen LogP contribution < -0.4 is 4.74 Å². The van der Waals surface area contributed by atoms with Crippen molar-refractivity contribution in [3.8, 4) is 78.3 Å². The van der Waals surface area contributed by atoms with Crippen LogP contribution in [-0.2, 0) is 5.41 Å². The predicted octanol–water partition coefficient (Wildman–Crippen LogP) is 14.7. The van der Waals surface area contributed by atoms with E-state index in [-0.39, 0.29) is 35.1 Å². The van der Waals surface area contributed by atoms with Gasteiger partial charge in [-0.2, -0.15) is 0 Å². The van der Waals surface area contributed by atoms with Gasteiger partial charge < -0.3 is 4.74 Å². The molecule has 1 heterocycles. The molecule has 0 unspecified atom stereocenters. The van der Waals surface area contributed by atoms with Crippen LogP contribution in [0.15, 0.2) is 182 Å². The first kappa shape index (κ1) is 26.1. The highest BCUT2D eigenvalue weighted by Gasteiger charge is 2.36. The summed E-state index contributed by atoms with van der Waals surface area (Å²) in [6.07, 6.45) is 0. The van der Waals surface area contributed by atoms with E-state index in [2.05, 4.69) is 129 Å². The van der Waals surface area contributed by atoms with Crippen LogP contribution in [0.2, 0.25) is 0 Å². The van der Waals surface area contributed by atoms with Crippen LogP contribution in [0.3, 0.4) is 0 Å². The van der Waals surface area contributed by atoms with Crippen molar-refractivity contribution >= 4 is 21.5 Å².